The van der Waals surface area contributed by atoms with Gasteiger partial charge in [0.1, 0.15) is 0 Å². The molecular formula is C23H31NO3. The van der Waals surface area contributed by atoms with Crippen LogP contribution in [0, 0.1) is 0 Å². The number of hydrogen-bond donors (Lipinski definition) is 1. The van der Waals surface area contributed by atoms with Crippen molar-refractivity contribution in [3.05, 3.63) is 71.8 Å². The minimum atomic E-state index is -0.155. The van der Waals surface area contributed by atoms with E-state index in [0.717, 1.165) is 25.9 Å². The molecule has 1 atom stereocenters. The van der Waals surface area contributed by atoms with Gasteiger partial charge in [0.2, 0.25) is 0 Å². The van der Waals surface area contributed by atoms with Crippen molar-refractivity contribution in [2.75, 3.05) is 19.8 Å². The van der Waals surface area contributed by atoms with Gasteiger partial charge in [-0.3, -0.25) is 9.69 Å². The lowest BCUT2D eigenvalue weighted by Gasteiger charge is -2.31. The zero-order valence-corrected chi connectivity index (χ0v) is 16.2. The molecule has 0 aliphatic rings. The minimum Gasteiger partial charge on any atom is -0.466 e. The molecule has 0 spiro atoms. The number of nitrogens with zero attached hydrogens (tertiary/aromatic N) is 1. The van der Waals surface area contributed by atoms with Crippen molar-refractivity contribution in [1.82, 2.24) is 4.90 Å². The summed E-state index contributed by atoms with van der Waals surface area (Å²) in [5.41, 5.74) is 2.48. The van der Waals surface area contributed by atoms with Gasteiger partial charge in [0.25, 0.3) is 0 Å². The molecule has 0 fully saturated rings. The van der Waals surface area contributed by atoms with Crippen LogP contribution in [0.5, 0.6) is 0 Å². The maximum Gasteiger partial charge on any atom is 0.307 e. The van der Waals surface area contributed by atoms with Gasteiger partial charge in [-0.2, -0.15) is 0 Å². The molecule has 0 amide bonds. The molecule has 0 aliphatic heterocycles. The van der Waals surface area contributed by atoms with E-state index in [9.17, 15) is 9.90 Å². The first-order valence-corrected chi connectivity index (χ1v) is 9.81. The maximum absolute atomic E-state index is 12.2. The van der Waals surface area contributed by atoms with E-state index in [0.29, 0.717) is 19.4 Å². The lowest BCUT2D eigenvalue weighted by atomic mass is 10.0. The Balaban J connectivity index is 2.11. The Hall–Kier alpha value is -2.17. The summed E-state index contributed by atoms with van der Waals surface area (Å²) in [5.74, 6) is -0.155. The number of carbonyl (C=O) groups is 1. The highest BCUT2D eigenvalue weighted by molar-refractivity contribution is 5.70. The van der Waals surface area contributed by atoms with Crippen LogP contribution >= 0.6 is 0 Å². The van der Waals surface area contributed by atoms with Crippen LogP contribution in [0.2, 0.25) is 0 Å². The molecule has 2 aromatic rings. The summed E-state index contributed by atoms with van der Waals surface area (Å²) in [7, 11) is 0. The van der Waals surface area contributed by atoms with Gasteiger partial charge in [-0.25, -0.2) is 0 Å². The lowest BCUT2D eigenvalue weighted by Crippen LogP contribution is -2.38. The topological polar surface area (TPSA) is 49.8 Å². The molecule has 2 aromatic carbocycles. The Kier molecular flexibility index (Phi) is 9.60. The van der Waals surface area contributed by atoms with Crippen LogP contribution in [0.3, 0.4) is 0 Å². The number of aliphatic hydroxyl groups excluding tert-OH is 1. The molecule has 2 rings (SSSR count). The van der Waals surface area contributed by atoms with E-state index in [4.69, 9.17) is 4.74 Å². The number of ether oxygens (including phenoxy) is 1. The average molecular weight is 370 g/mol. The van der Waals surface area contributed by atoms with Crippen molar-refractivity contribution in [3.63, 3.8) is 0 Å². The van der Waals surface area contributed by atoms with Crippen molar-refractivity contribution in [1.29, 1.82) is 0 Å². The van der Waals surface area contributed by atoms with E-state index in [1.807, 2.05) is 43.3 Å². The van der Waals surface area contributed by atoms with Gasteiger partial charge < -0.3 is 9.84 Å². The molecule has 0 saturated heterocycles. The molecule has 27 heavy (non-hydrogen) atoms. The summed E-state index contributed by atoms with van der Waals surface area (Å²) < 4.78 is 5.21. The fourth-order valence-electron chi connectivity index (χ4n) is 3.29. The molecule has 4 nitrogen and oxygen atoms in total. The number of carbonyl (C=O) groups excluding carboxylic acids is 1. The molecule has 4 heteroatoms. The summed E-state index contributed by atoms with van der Waals surface area (Å²) in [6, 6.07) is 20.7. The van der Waals surface area contributed by atoms with Crippen molar-refractivity contribution in [3.8, 4) is 0 Å². The molecule has 0 saturated carbocycles. The van der Waals surface area contributed by atoms with E-state index in [1.165, 1.54) is 11.1 Å². The highest BCUT2D eigenvalue weighted by atomic mass is 16.5. The molecule has 1 N–H and O–H groups in total. The Morgan fingerprint density at radius 2 is 1.67 bits per heavy atom. The third kappa shape index (κ3) is 7.94. The smallest absolute Gasteiger partial charge is 0.307 e. The van der Waals surface area contributed by atoms with Gasteiger partial charge in [-0.15, -0.1) is 0 Å². The number of benzene rings is 2. The van der Waals surface area contributed by atoms with Crippen LogP contribution in [0.4, 0.5) is 0 Å². The minimum absolute atomic E-state index is 0.0796. The number of hydrogen-bond acceptors (Lipinski definition) is 4. The van der Waals surface area contributed by atoms with E-state index >= 15 is 0 Å². The van der Waals surface area contributed by atoms with Gasteiger partial charge in [0.05, 0.1) is 13.0 Å². The van der Waals surface area contributed by atoms with E-state index in [1.54, 1.807) is 0 Å². The normalized spacial score (nSPS) is 12.1. The number of esters is 1. The van der Waals surface area contributed by atoms with Gasteiger partial charge in [0, 0.05) is 25.7 Å². The van der Waals surface area contributed by atoms with Gasteiger partial charge in [0.15, 0.2) is 0 Å². The Morgan fingerprint density at radius 1 is 1.04 bits per heavy atom. The highest BCUT2D eigenvalue weighted by Gasteiger charge is 2.22. The Bertz CT molecular complexity index is 645. The fraction of sp³-hybridized carbons (Fsp3) is 0.435. The molecule has 146 valence electrons. The monoisotopic (exact) mass is 369 g/mol. The lowest BCUT2D eigenvalue weighted by molar-refractivity contribution is -0.144. The van der Waals surface area contributed by atoms with Crippen molar-refractivity contribution < 1.29 is 14.6 Å². The van der Waals surface area contributed by atoms with E-state index < -0.39 is 0 Å². The van der Waals surface area contributed by atoms with Gasteiger partial charge >= 0.3 is 5.97 Å². The summed E-state index contributed by atoms with van der Waals surface area (Å²) in [4.78, 5) is 14.5. The van der Waals surface area contributed by atoms with E-state index in [2.05, 4.69) is 29.2 Å². The Labute approximate surface area is 162 Å². The first kappa shape index (κ1) is 21.1. The molecular weight excluding hydrogens is 338 g/mol. The Morgan fingerprint density at radius 3 is 2.26 bits per heavy atom. The number of aliphatic hydroxyl groups is 1. The number of rotatable bonds is 12. The van der Waals surface area contributed by atoms with Crippen LogP contribution in [0.1, 0.15) is 37.3 Å². The average Bonchev–Trinajstić information content (AvgIpc) is 2.70. The summed E-state index contributed by atoms with van der Waals surface area (Å²) in [5, 5.41) is 9.32. The summed E-state index contributed by atoms with van der Waals surface area (Å²) in [6.45, 7) is 3.91. The van der Waals surface area contributed by atoms with Gasteiger partial charge in [-0.1, -0.05) is 60.7 Å². The molecule has 0 aromatic heterocycles. The summed E-state index contributed by atoms with van der Waals surface area (Å²) in [6.07, 6.45) is 2.85. The second kappa shape index (κ2) is 12.3. The molecule has 0 bridgehead atoms. The SMILES string of the molecule is CCOC(=O)CC(CCc1ccccc1)N(CCCO)Cc1ccccc1. The molecule has 0 heterocycles. The molecule has 1 unspecified atom stereocenters. The predicted molar refractivity (Wildman–Crippen MR) is 108 cm³/mol. The largest absolute Gasteiger partial charge is 0.466 e. The predicted octanol–water partition coefficient (Wildman–Crippen LogP) is 3.83. The fourth-order valence-corrected chi connectivity index (χ4v) is 3.29. The standard InChI is InChI=1S/C23H31NO3/c1-2-27-23(26)18-22(15-14-20-10-5-3-6-11-20)24(16-9-17-25)19-21-12-7-4-8-13-21/h3-8,10-13,22,25H,2,9,14-19H2,1H3. The maximum atomic E-state index is 12.2. The zero-order chi connectivity index (χ0) is 19.3. The van der Waals surface area contributed by atoms with Crippen LogP contribution in [0.25, 0.3) is 0 Å². The van der Waals surface area contributed by atoms with Crippen molar-refractivity contribution in [2.24, 2.45) is 0 Å². The van der Waals surface area contributed by atoms with Gasteiger partial charge in [-0.05, 0) is 37.3 Å². The van der Waals surface area contributed by atoms with Crippen molar-refractivity contribution >= 4 is 5.97 Å². The second-order valence-corrected chi connectivity index (χ2v) is 6.72. The first-order chi connectivity index (χ1) is 13.2. The highest BCUT2D eigenvalue weighted by Crippen LogP contribution is 2.18. The van der Waals surface area contributed by atoms with Crippen molar-refractivity contribution in [2.45, 2.75) is 45.2 Å². The quantitative estimate of drug-likeness (QED) is 0.578. The van der Waals surface area contributed by atoms with Crippen LogP contribution in [0.15, 0.2) is 60.7 Å². The first-order valence-electron chi connectivity index (χ1n) is 9.81. The van der Waals surface area contributed by atoms with E-state index in [-0.39, 0.29) is 18.6 Å². The second-order valence-electron chi connectivity index (χ2n) is 6.72. The van der Waals surface area contributed by atoms with Crippen LogP contribution in [-0.2, 0) is 22.5 Å². The summed E-state index contributed by atoms with van der Waals surface area (Å²) >= 11 is 0. The third-order valence-corrected chi connectivity index (χ3v) is 4.67. The molecule has 0 radical (unpaired) electrons. The molecule has 0 aliphatic carbocycles. The van der Waals surface area contributed by atoms with Crippen LogP contribution < -0.4 is 0 Å². The zero-order valence-electron chi connectivity index (χ0n) is 16.2. The number of aryl methyl sites for hydroxylation is 1. The van der Waals surface area contributed by atoms with Crippen LogP contribution in [-0.4, -0.2) is 41.8 Å². The third-order valence-electron chi connectivity index (χ3n) is 4.67.